The third-order valence-electron chi connectivity index (χ3n) is 5.65. The predicted molar refractivity (Wildman–Crippen MR) is 151 cm³/mol. The molecule has 0 unspecified atom stereocenters. The summed E-state index contributed by atoms with van der Waals surface area (Å²) in [6.45, 7) is 0.0435. The van der Waals surface area contributed by atoms with Crippen LogP contribution in [-0.4, -0.2) is 24.5 Å². The fraction of sp³-hybridized carbons (Fsp3) is 0.0357. The van der Waals surface area contributed by atoms with Gasteiger partial charge in [-0.25, -0.2) is 8.42 Å². The van der Waals surface area contributed by atoms with Crippen molar-refractivity contribution in [2.75, 3.05) is 9.62 Å². The van der Waals surface area contributed by atoms with E-state index >= 15 is 0 Å². The number of sulfonamides is 1. The lowest BCUT2D eigenvalue weighted by Crippen LogP contribution is -2.32. The van der Waals surface area contributed by atoms with E-state index in [-0.39, 0.29) is 27.8 Å². The molecule has 1 N–H and O–H groups in total. The Morgan fingerprint density at radius 1 is 0.816 bits per heavy atom. The second kappa shape index (κ2) is 11.1. The number of carbonyl (C=O) groups excluding carboxylic acids is 1. The Morgan fingerprint density at radius 3 is 2.16 bits per heavy atom. The molecule has 190 valence electrons. The predicted octanol–water partition coefficient (Wildman–Crippen LogP) is 6.51. The van der Waals surface area contributed by atoms with Gasteiger partial charge in [0.2, 0.25) is 5.13 Å². The fourth-order valence-corrected chi connectivity index (χ4v) is 6.16. The maximum Gasteiger partial charge on any atom is 0.264 e. The summed E-state index contributed by atoms with van der Waals surface area (Å²) in [6.07, 6.45) is 0. The van der Waals surface area contributed by atoms with E-state index in [0.717, 1.165) is 11.1 Å². The zero-order chi connectivity index (χ0) is 26.5. The molecule has 1 amide bonds. The van der Waals surface area contributed by atoms with Crippen molar-refractivity contribution in [1.82, 2.24) is 10.2 Å². The number of hydrogen-bond acceptors (Lipinski definition) is 6. The average Bonchev–Trinajstić information content (AvgIpc) is 3.41. The highest BCUT2D eigenvalue weighted by Gasteiger charge is 2.28. The number of para-hydroxylation sites is 1. The highest BCUT2D eigenvalue weighted by atomic mass is 35.5. The van der Waals surface area contributed by atoms with Gasteiger partial charge in [0.05, 0.1) is 22.7 Å². The summed E-state index contributed by atoms with van der Waals surface area (Å²) in [4.78, 5) is 13.6. The summed E-state index contributed by atoms with van der Waals surface area (Å²) in [6, 6.07) is 31.1. The normalized spacial score (nSPS) is 11.2. The minimum Gasteiger partial charge on any atom is -0.296 e. The monoisotopic (exact) mass is 560 g/mol. The van der Waals surface area contributed by atoms with Crippen LogP contribution in [0.2, 0.25) is 5.02 Å². The first-order chi connectivity index (χ1) is 18.4. The highest BCUT2D eigenvalue weighted by molar-refractivity contribution is 7.92. The van der Waals surface area contributed by atoms with Crippen molar-refractivity contribution in [1.29, 1.82) is 0 Å². The largest absolute Gasteiger partial charge is 0.296 e. The third kappa shape index (κ3) is 5.60. The molecule has 4 aromatic carbocycles. The van der Waals surface area contributed by atoms with Crippen molar-refractivity contribution in [3.8, 4) is 10.6 Å². The first kappa shape index (κ1) is 25.6. The molecule has 0 fully saturated rings. The van der Waals surface area contributed by atoms with Crippen molar-refractivity contribution < 1.29 is 13.2 Å². The molecule has 0 saturated carbocycles. The lowest BCUT2D eigenvalue weighted by atomic mass is 10.1. The lowest BCUT2D eigenvalue weighted by molar-refractivity contribution is 0.102. The van der Waals surface area contributed by atoms with Crippen molar-refractivity contribution in [3.63, 3.8) is 0 Å². The van der Waals surface area contributed by atoms with Crippen LogP contribution in [0.15, 0.2) is 114 Å². The summed E-state index contributed by atoms with van der Waals surface area (Å²) < 4.78 is 28.9. The number of nitrogens with zero attached hydrogens (tertiary/aromatic N) is 3. The number of anilines is 2. The second-order valence-corrected chi connectivity index (χ2v) is 11.5. The molecule has 10 heteroatoms. The summed E-state index contributed by atoms with van der Waals surface area (Å²) in [5, 5.41) is 12.5. The molecule has 0 bridgehead atoms. The van der Waals surface area contributed by atoms with Gasteiger partial charge in [-0.2, -0.15) is 0 Å². The molecule has 0 aliphatic carbocycles. The van der Waals surface area contributed by atoms with Gasteiger partial charge in [0.25, 0.3) is 15.9 Å². The number of rotatable bonds is 8. The van der Waals surface area contributed by atoms with Crippen LogP contribution in [0.3, 0.4) is 0 Å². The van der Waals surface area contributed by atoms with Gasteiger partial charge in [0, 0.05) is 10.6 Å². The Bertz CT molecular complexity index is 1660. The van der Waals surface area contributed by atoms with Gasteiger partial charge in [0.1, 0.15) is 5.01 Å². The summed E-state index contributed by atoms with van der Waals surface area (Å²) in [7, 11) is -4.00. The molecular weight excluding hydrogens is 540 g/mol. The Balaban J connectivity index is 1.49. The van der Waals surface area contributed by atoms with E-state index in [1.807, 2.05) is 42.5 Å². The number of hydrogen-bond donors (Lipinski definition) is 1. The van der Waals surface area contributed by atoms with Crippen LogP contribution >= 0.6 is 22.9 Å². The Labute approximate surface area is 229 Å². The minimum atomic E-state index is -4.00. The minimum absolute atomic E-state index is 0.0435. The molecule has 1 heterocycles. The SMILES string of the molecule is O=C(Nc1nnc(-c2ccc(Cl)cc2)s1)c1ccccc1N(Cc1ccccc1)S(=O)(=O)c1ccccc1. The Morgan fingerprint density at radius 2 is 1.45 bits per heavy atom. The number of amides is 1. The number of carbonyl (C=O) groups is 1. The van der Waals surface area contributed by atoms with E-state index < -0.39 is 15.9 Å². The van der Waals surface area contributed by atoms with Crippen molar-refractivity contribution in [2.45, 2.75) is 11.4 Å². The molecule has 5 rings (SSSR count). The van der Waals surface area contributed by atoms with Gasteiger partial charge >= 0.3 is 0 Å². The molecule has 7 nitrogen and oxygen atoms in total. The average molecular weight is 561 g/mol. The maximum absolute atomic E-state index is 13.8. The van der Waals surface area contributed by atoms with Gasteiger partial charge in [-0.3, -0.25) is 14.4 Å². The van der Waals surface area contributed by atoms with Crippen LogP contribution in [0.5, 0.6) is 0 Å². The number of benzene rings is 4. The van der Waals surface area contributed by atoms with Crippen molar-refractivity contribution in [2.24, 2.45) is 0 Å². The zero-order valence-electron chi connectivity index (χ0n) is 19.9. The summed E-state index contributed by atoms with van der Waals surface area (Å²) >= 11 is 7.17. The van der Waals surface area contributed by atoms with Crippen LogP contribution in [0.4, 0.5) is 10.8 Å². The molecule has 0 radical (unpaired) electrons. The molecular formula is C28H21ClN4O3S2. The van der Waals surface area contributed by atoms with Crippen LogP contribution in [0.25, 0.3) is 10.6 Å². The first-order valence-corrected chi connectivity index (χ1v) is 14.2. The van der Waals surface area contributed by atoms with Crippen LogP contribution < -0.4 is 9.62 Å². The summed E-state index contributed by atoms with van der Waals surface area (Å²) in [5.41, 5.74) is 2.03. The van der Waals surface area contributed by atoms with Gasteiger partial charge in [-0.1, -0.05) is 95.7 Å². The number of aromatic nitrogens is 2. The molecule has 0 aliphatic rings. The van der Waals surface area contributed by atoms with Gasteiger partial charge in [0.15, 0.2) is 0 Å². The molecule has 0 spiro atoms. The molecule has 38 heavy (non-hydrogen) atoms. The van der Waals surface area contributed by atoms with E-state index in [4.69, 9.17) is 11.6 Å². The van der Waals surface area contributed by atoms with E-state index in [9.17, 15) is 13.2 Å². The van der Waals surface area contributed by atoms with Crippen LogP contribution in [0.1, 0.15) is 15.9 Å². The lowest BCUT2D eigenvalue weighted by Gasteiger charge is -2.26. The van der Waals surface area contributed by atoms with Gasteiger partial charge < -0.3 is 0 Å². The maximum atomic E-state index is 13.8. The standard InChI is InChI=1S/C28H21ClN4O3S2/c29-22-17-15-21(16-18-22)27-31-32-28(37-27)30-26(34)24-13-7-8-14-25(24)33(19-20-9-3-1-4-10-20)38(35,36)23-11-5-2-6-12-23/h1-18H,19H2,(H,30,32,34). The second-order valence-electron chi connectivity index (χ2n) is 8.20. The quantitative estimate of drug-likeness (QED) is 0.234. The number of nitrogens with one attached hydrogen (secondary N) is 1. The van der Waals surface area contributed by atoms with E-state index in [0.29, 0.717) is 10.0 Å². The van der Waals surface area contributed by atoms with E-state index in [2.05, 4.69) is 15.5 Å². The zero-order valence-corrected chi connectivity index (χ0v) is 22.2. The van der Waals surface area contributed by atoms with Crippen LogP contribution in [-0.2, 0) is 16.6 Å². The first-order valence-electron chi connectivity index (χ1n) is 11.5. The Kier molecular flexibility index (Phi) is 7.50. The van der Waals surface area contributed by atoms with Crippen molar-refractivity contribution >= 4 is 49.7 Å². The van der Waals surface area contributed by atoms with Gasteiger partial charge in [-0.05, 0) is 42.0 Å². The molecule has 0 atom stereocenters. The molecule has 5 aromatic rings. The topological polar surface area (TPSA) is 92.3 Å². The third-order valence-corrected chi connectivity index (χ3v) is 8.57. The van der Waals surface area contributed by atoms with Gasteiger partial charge in [-0.15, -0.1) is 10.2 Å². The van der Waals surface area contributed by atoms with E-state index in [1.54, 1.807) is 54.6 Å². The smallest absolute Gasteiger partial charge is 0.264 e. The summed E-state index contributed by atoms with van der Waals surface area (Å²) in [5.74, 6) is -0.499. The molecule has 0 aliphatic heterocycles. The fourth-order valence-electron chi connectivity index (χ4n) is 3.80. The molecule has 1 aromatic heterocycles. The highest BCUT2D eigenvalue weighted by Crippen LogP contribution is 2.31. The number of halogens is 1. The van der Waals surface area contributed by atoms with Crippen molar-refractivity contribution in [3.05, 3.63) is 125 Å². The Hall–Kier alpha value is -4.05. The van der Waals surface area contributed by atoms with Crippen LogP contribution in [0, 0.1) is 0 Å². The molecule has 0 saturated heterocycles. The van der Waals surface area contributed by atoms with E-state index in [1.165, 1.54) is 27.8 Å².